The predicted molar refractivity (Wildman–Crippen MR) is 101 cm³/mol. The van der Waals surface area contributed by atoms with Gasteiger partial charge in [-0.2, -0.15) is 10.4 Å². The number of nitriles is 1. The normalized spacial score (nSPS) is 17.9. The maximum absolute atomic E-state index is 14.0. The molecule has 1 aliphatic carbocycles. The molecule has 1 fully saturated rings. The van der Waals surface area contributed by atoms with Crippen LogP contribution in [0.4, 0.5) is 4.39 Å². The summed E-state index contributed by atoms with van der Waals surface area (Å²) in [5.74, 6) is -0.366. The number of halogens is 1. The molecule has 142 valence electrons. The van der Waals surface area contributed by atoms with Gasteiger partial charge in [-0.25, -0.2) is 18.7 Å². The zero-order valence-corrected chi connectivity index (χ0v) is 14.9. The van der Waals surface area contributed by atoms with E-state index in [4.69, 9.17) is 5.26 Å². The lowest BCUT2D eigenvalue weighted by atomic mass is 10.0. The molecule has 0 unspecified atom stereocenters. The molecule has 0 radical (unpaired) electrons. The van der Waals surface area contributed by atoms with E-state index in [0.717, 1.165) is 17.5 Å². The van der Waals surface area contributed by atoms with Gasteiger partial charge in [-0.05, 0) is 42.0 Å². The van der Waals surface area contributed by atoms with E-state index in [9.17, 15) is 14.0 Å². The maximum atomic E-state index is 14.0. The topological polar surface area (TPSA) is 120 Å². The van der Waals surface area contributed by atoms with Gasteiger partial charge in [0.25, 0.3) is 5.56 Å². The predicted octanol–water partition coefficient (Wildman–Crippen LogP) is 2.05. The maximum Gasteiger partial charge on any atom is 0.325 e. The van der Waals surface area contributed by atoms with E-state index >= 15 is 0 Å². The highest BCUT2D eigenvalue weighted by atomic mass is 19.1. The van der Waals surface area contributed by atoms with E-state index in [0.29, 0.717) is 11.3 Å². The SMILES string of the molecule is N#Cc1ccc([C@@H]2C[C@H]2c2cc(-c3c[nH]c(=O)[nH]c3=O)nn3ccnc23)cc1F. The average molecular weight is 388 g/mol. The van der Waals surface area contributed by atoms with Gasteiger partial charge in [0.2, 0.25) is 0 Å². The zero-order valence-electron chi connectivity index (χ0n) is 14.9. The van der Waals surface area contributed by atoms with Crippen molar-refractivity contribution >= 4 is 5.65 Å². The fourth-order valence-electron chi connectivity index (χ4n) is 3.71. The van der Waals surface area contributed by atoms with Crippen LogP contribution in [-0.4, -0.2) is 24.6 Å². The van der Waals surface area contributed by atoms with E-state index in [1.807, 2.05) is 6.07 Å². The lowest BCUT2D eigenvalue weighted by Crippen LogP contribution is -2.23. The lowest BCUT2D eigenvalue weighted by Gasteiger charge is -2.07. The van der Waals surface area contributed by atoms with Crippen LogP contribution in [0.5, 0.6) is 0 Å². The van der Waals surface area contributed by atoms with E-state index in [1.165, 1.54) is 18.3 Å². The van der Waals surface area contributed by atoms with Gasteiger partial charge < -0.3 is 4.98 Å². The Kier molecular flexibility index (Phi) is 3.67. The molecule has 0 saturated heterocycles. The molecule has 1 aromatic carbocycles. The van der Waals surface area contributed by atoms with Crippen LogP contribution in [0.2, 0.25) is 0 Å². The van der Waals surface area contributed by atoms with Crippen molar-refractivity contribution in [2.24, 2.45) is 0 Å². The summed E-state index contributed by atoms with van der Waals surface area (Å²) in [5, 5.41) is 13.3. The van der Waals surface area contributed by atoms with Crippen LogP contribution in [0.3, 0.4) is 0 Å². The first-order valence-corrected chi connectivity index (χ1v) is 8.91. The number of nitrogens with one attached hydrogen (secondary N) is 2. The van der Waals surface area contributed by atoms with Crippen LogP contribution >= 0.6 is 0 Å². The number of aromatic nitrogens is 5. The van der Waals surface area contributed by atoms with E-state index in [-0.39, 0.29) is 23.0 Å². The quantitative estimate of drug-likeness (QED) is 0.557. The Hall–Kier alpha value is -4.06. The molecule has 0 spiro atoms. The summed E-state index contributed by atoms with van der Waals surface area (Å²) in [7, 11) is 0. The number of hydrogen-bond donors (Lipinski definition) is 2. The number of hydrogen-bond acceptors (Lipinski definition) is 5. The molecule has 4 aromatic rings. The molecule has 2 atom stereocenters. The molecule has 0 bridgehead atoms. The Labute approximate surface area is 162 Å². The van der Waals surface area contributed by atoms with Crippen LogP contribution in [-0.2, 0) is 0 Å². The first-order valence-electron chi connectivity index (χ1n) is 8.91. The third-order valence-corrected chi connectivity index (χ3v) is 5.21. The molecule has 1 saturated carbocycles. The van der Waals surface area contributed by atoms with Crippen molar-refractivity contribution in [1.29, 1.82) is 5.26 Å². The van der Waals surface area contributed by atoms with Crippen molar-refractivity contribution in [2.75, 3.05) is 0 Å². The van der Waals surface area contributed by atoms with Crippen molar-refractivity contribution < 1.29 is 4.39 Å². The molecule has 0 amide bonds. The molecule has 29 heavy (non-hydrogen) atoms. The van der Waals surface area contributed by atoms with Crippen LogP contribution in [0.1, 0.15) is 34.9 Å². The number of H-pyrrole nitrogens is 2. The molecule has 5 rings (SSSR count). The third kappa shape index (κ3) is 2.82. The second kappa shape index (κ2) is 6.24. The highest BCUT2D eigenvalue weighted by Crippen LogP contribution is 2.55. The van der Waals surface area contributed by atoms with Gasteiger partial charge in [0, 0.05) is 24.2 Å². The van der Waals surface area contributed by atoms with Crippen molar-refractivity contribution in [3.8, 4) is 17.3 Å². The highest BCUT2D eigenvalue weighted by Gasteiger charge is 2.41. The summed E-state index contributed by atoms with van der Waals surface area (Å²) < 4.78 is 15.6. The largest absolute Gasteiger partial charge is 0.325 e. The first-order chi connectivity index (χ1) is 14.0. The van der Waals surface area contributed by atoms with Crippen molar-refractivity contribution in [1.82, 2.24) is 24.6 Å². The number of aromatic amines is 2. The molecule has 3 aromatic heterocycles. The summed E-state index contributed by atoms with van der Waals surface area (Å²) in [6.07, 6.45) is 5.42. The molecule has 9 heteroatoms. The van der Waals surface area contributed by atoms with Crippen molar-refractivity contribution in [2.45, 2.75) is 18.3 Å². The molecule has 1 aliphatic rings. The van der Waals surface area contributed by atoms with E-state index < -0.39 is 17.1 Å². The first kappa shape index (κ1) is 17.1. The van der Waals surface area contributed by atoms with Gasteiger partial charge in [0.1, 0.15) is 11.9 Å². The Morgan fingerprint density at radius 1 is 1.24 bits per heavy atom. The molecular formula is C20H13FN6O2. The van der Waals surface area contributed by atoms with Crippen molar-refractivity contribution in [3.63, 3.8) is 0 Å². The number of benzene rings is 1. The Balaban J connectivity index is 1.58. The number of imidazole rings is 1. The lowest BCUT2D eigenvalue weighted by molar-refractivity contribution is 0.621. The minimum Gasteiger partial charge on any atom is -0.313 e. The Bertz CT molecular complexity index is 1430. The fraction of sp³-hybridized carbons (Fsp3) is 0.150. The monoisotopic (exact) mass is 388 g/mol. The number of nitrogens with zero attached hydrogens (tertiary/aromatic N) is 4. The number of fused-ring (bicyclic) bond motifs is 1. The second-order valence-electron chi connectivity index (χ2n) is 6.97. The van der Waals surface area contributed by atoms with E-state index in [2.05, 4.69) is 20.1 Å². The summed E-state index contributed by atoms with van der Waals surface area (Å²) in [6, 6.07) is 8.27. The molecule has 2 N–H and O–H groups in total. The minimum atomic E-state index is -0.590. The van der Waals surface area contributed by atoms with Crippen molar-refractivity contribution in [3.05, 3.63) is 86.2 Å². The Morgan fingerprint density at radius 2 is 2.10 bits per heavy atom. The molecule has 3 heterocycles. The van der Waals surface area contributed by atoms with E-state index in [1.54, 1.807) is 29.0 Å². The summed E-state index contributed by atoms with van der Waals surface area (Å²) in [4.78, 5) is 32.5. The van der Waals surface area contributed by atoms with Gasteiger partial charge in [-0.15, -0.1) is 0 Å². The second-order valence-corrected chi connectivity index (χ2v) is 6.97. The summed E-state index contributed by atoms with van der Waals surface area (Å²) in [5.41, 5.74) is 1.90. The standard InChI is InChI=1S/C20H13FN6O2/c21-16-5-10(1-2-11(16)8-22)12-6-13(12)14-7-17(26-27-4-3-23-18(14)27)15-9-24-20(29)25-19(15)28/h1-5,7,9,12-13H,6H2,(H2,24,25,28,29)/t12-,13+/m0/s1. The van der Waals surface area contributed by atoms with Crippen LogP contribution in [0, 0.1) is 17.1 Å². The zero-order chi connectivity index (χ0) is 20.1. The Morgan fingerprint density at radius 3 is 2.86 bits per heavy atom. The van der Waals surface area contributed by atoms with Gasteiger partial charge in [0.15, 0.2) is 5.65 Å². The summed E-state index contributed by atoms with van der Waals surface area (Å²) in [6.45, 7) is 0. The van der Waals surface area contributed by atoms with Gasteiger partial charge >= 0.3 is 5.69 Å². The molecule has 8 nitrogen and oxygen atoms in total. The highest BCUT2D eigenvalue weighted by molar-refractivity contribution is 5.63. The van der Waals surface area contributed by atoms with Crippen LogP contribution in [0.25, 0.3) is 16.9 Å². The summed E-state index contributed by atoms with van der Waals surface area (Å²) >= 11 is 0. The smallest absolute Gasteiger partial charge is 0.313 e. The van der Waals surface area contributed by atoms with Gasteiger partial charge in [-0.3, -0.25) is 9.78 Å². The van der Waals surface area contributed by atoms with Crippen LogP contribution in [0.15, 0.2) is 52.4 Å². The van der Waals surface area contributed by atoms with Gasteiger partial charge in [-0.1, -0.05) is 6.07 Å². The number of rotatable bonds is 3. The van der Waals surface area contributed by atoms with Crippen LogP contribution < -0.4 is 11.2 Å². The average Bonchev–Trinajstić information content (AvgIpc) is 3.36. The fourth-order valence-corrected chi connectivity index (χ4v) is 3.71. The molecular weight excluding hydrogens is 375 g/mol. The molecule has 0 aliphatic heterocycles. The third-order valence-electron chi connectivity index (χ3n) is 5.21. The minimum absolute atomic E-state index is 0.0186. The van der Waals surface area contributed by atoms with Gasteiger partial charge in [0.05, 0.1) is 16.8 Å².